The van der Waals surface area contributed by atoms with E-state index in [-0.39, 0.29) is 16.6 Å². The topological polar surface area (TPSA) is 50.4 Å². The molecule has 1 atom stereocenters. The maximum Gasteiger partial charge on any atom is 0.343 e. The fraction of sp³-hybridized carbons (Fsp3) is 0.667. The summed E-state index contributed by atoms with van der Waals surface area (Å²) in [5, 5.41) is 10.1. The molecule has 3 rings (SSSR count). The van der Waals surface area contributed by atoms with Crippen LogP contribution in [0, 0.1) is 11.8 Å². The third-order valence-corrected chi connectivity index (χ3v) is 5.86. The van der Waals surface area contributed by atoms with Gasteiger partial charge in [-0.3, -0.25) is 0 Å². The van der Waals surface area contributed by atoms with Gasteiger partial charge in [-0.1, -0.05) is 12.8 Å². The van der Waals surface area contributed by atoms with Crippen LogP contribution >= 0.6 is 11.8 Å². The van der Waals surface area contributed by atoms with Gasteiger partial charge in [0.25, 0.3) is 0 Å². The lowest BCUT2D eigenvalue weighted by Gasteiger charge is -2.22. The summed E-state index contributed by atoms with van der Waals surface area (Å²) in [5.74, 6) is 2.55. The van der Waals surface area contributed by atoms with E-state index in [0.717, 1.165) is 24.5 Å². The second-order valence-electron chi connectivity index (χ2n) is 5.75. The molecule has 1 heterocycles. The van der Waals surface area contributed by atoms with Crippen molar-refractivity contribution in [2.45, 2.75) is 43.8 Å². The molecule has 3 nitrogen and oxygen atoms in total. The number of rotatable bonds is 5. The molecule has 0 amide bonds. The molecule has 1 unspecified atom stereocenters. The third-order valence-electron chi connectivity index (χ3n) is 4.22. The van der Waals surface area contributed by atoms with Crippen LogP contribution in [0.4, 0.5) is 0 Å². The van der Waals surface area contributed by atoms with Gasteiger partial charge in [0, 0.05) is 11.3 Å². The van der Waals surface area contributed by atoms with E-state index >= 15 is 0 Å². The predicted molar refractivity (Wildman–Crippen MR) is 76.5 cm³/mol. The SMILES string of the molecule is O=c1occc(O)c1C(SCC1CC1)C1CCCC1. The number of hydrogen-bond acceptors (Lipinski definition) is 4. The average Bonchev–Trinajstić information content (AvgIpc) is 3.05. The monoisotopic (exact) mass is 280 g/mol. The zero-order valence-electron chi connectivity index (χ0n) is 11.0. The molecule has 2 fully saturated rings. The van der Waals surface area contributed by atoms with Crippen LogP contribution < -0.4 is 5.63 Å². The Hall–Kier alpha value is -0.900. The van der Waals surface area contributed by atoms with Crippen molar-refractivity contribution in [1.82, 2.24) is 0 Å². The summed E-state index contributed by atoms with van der Waals surface area (Å²) in [5.41, 5.74) is 0.139. The van der Waals surface area contributed by atoms with Crippen molar-refractivity contribution in [3.05, 3.63) is 28.3 Å². The summed E-state index contributed by atoms with van der Waals surface area (Å²) in [6.07, 6.45) is 8.72. The maximum atomic E-state index is 12.0. The number of thioether (sulfide) groups is 1. The van der Waals surface area contributed by atoms with Crippen LogP contribution in [0.5, 0.6) is 5.75 Å². The molecule has 0 radical (unpaired) electrons. The Kier molecular flexibility index (Phi) is 3.87. The number of aromatic hydroxyl groups is 1. The maximum absolute atomic E-state index is 12.0. The van der Waals surface area contributed by atoms with E-state index in [4.69, 9.17) is 4.42 Å². The van der Waals surface area contributed by atoms with Gasteiger partial charge in [-0.15, -0.1) is 0 Å². The van der Waals surface area contributed by atoms with Crippen molar-refractivity contribution in [1.29, 1.82) is 0 Å². The molecule has 104 valence electrons. The molecular weight excluding hydrogens is 260 g/mol. The Morgan fingerprint density at radius 1 is 1.32 bits per heavy atom. The number of hydrogen-bond donors (Lipinski definition) is 1. The van der Waals surface area contributed by atoms with Gasteiger partial charge in [-0.05, 0) is 43.3 Å². The van der Waals surface area contributed by atoms with Crippen LogP contribution in [0.25, 0.3) is 0 Å². The van der Waals surface area contributed by atoms with Crippen molar-refractivity contribution < 1.29 is 9.52 Å². The first-order valence-corrected chi connectivity index (χ1v) is 8.23. The van der Waals surface area contributed by atoms with E-state index in [1.807, 2.05) is 11.8 Å². The Balaban J connectivity index is 1.85. The molecule has 0 bridgehead atoms. The van der Waals surface area contributed by atoms with Crippen LogP contribution in [-0.4, -0.2) is 10.9 Å². The normalized spacial score (nSPS) is 21.7. The lowest BCUT2D eigenvalue weighted by Crippen LogP contribution is -2.16. The van der Waals surface area contributed by atoms with Gasteiger partial charge in [0.15, 0.2) is 0 Å². The first kappa shape index (κ1) is 13.1. The summed E-state index contributed by atoms with van der Waals surface area (Å²) in [6.45, 7) is 0. The summed E-state index contributed by atoms with van der Waals surface area (Å²) in [4.78, 5) is 12.0. The van der Waals surface area contributed by atoms with Crippen LogP contribution in [0.2, 0.25) is 0 Å². The molecule has 4 heteroatoms. The van der Waals surface area contributed by atoms with E-state index in [1.54, 1.807) is 0 Å². The highest BCUT2D eigenvalue weighted by molar-refractivity contribution is 7.99. The lowest BCUT2D eigenvalue weighted by molar-refractivity contribution is 0.418. The van der Waals surface area contributed by atoms with Crippen LogP contribution in [-0.2, 0) is 0 Å². The quantitative estimate of drug-likeness (QED) is 0.893. The van der Waals surface area contributed by atoms with Gasteiger partial charge < -0.3 is 9.52 Å². The Labute approximate surface area is 117 Å². The third kappa shape index (κ3) is 2.99. The summed E-state index contributed by atoms with van der Waals surface area (Å²) in [6, 6.07) is 1.50. The van der Waals surface area contributed by atoms with Crippen molar-refractivity contribution in [2.75, 3.05) is 5.75 Å². The Morgan fingerprint density at radius 3 is 2.68 bits per heavy atom. The lowest BCUT2D eigenvalue weighted by atomic mass is 9.98. The highest BCUT2D eigenvalue weighted by atomic mass is 32.2. The van der Waals surface area contributed by atoms with Gasteiger partial charge in [0.2, 0.25) is 0 Å². The molecular formula is C15H20O3S. The Morgan fingerprint density at radius 2 is 2.05 bits per heavy atom. The fourth-order valence-corrected chi connectivity index (χ4v) is 4.66. The van der Waals surface area contributed by atoms with E-state index in [2.05, 4.69) is 0 Å². The first-order valence-electron chi connectivity index (χ1n) is 7.18. The predicted octanol–water partition coefficient (Wildman–Crippen LogP) is 3.72. The summed E-state index contributed by atoms with van der Waals surface area (Å²) < 4.78 is 4.97. The second-order valence-corrected chi connectivity index (χ2v) is 6.92. The molecule has 2 aliphatic carbocycles. The van der Waals surface area contributed by atoms with Crippen LogP contribution in [0.15, 0.2) is 21.5 Å². The minimum atomic E-state index is -0.361. The molecule has 1 aromatic rings. The highest BCUT2D eigenvalue weighted by Crippen LogP contribution is 2.47. The van der Waals surface area contributed by atoms with Gasteiger partial charge in [0.05, 0.1) is 11.8 Å². The van der Waals surface area contributed by atoms with E-state index in [9.17, 15) is 9.90 Å². The molecule has 0 spiro atoms. The van der Waals surface area contributed by atoms with Crippen LogP contribution in [0.3, 0.4) is 0 Å². The van der Waals surface area contributed by atoms with Crippen molar-refractivity contribution in [2.24, 2.45) is 11.8 Å². The molecule has 1 aromatic heterocycles. The second kappa shape index (κ2) is 5.61. The molecule has 0 aromatic carbocycles. The van der Waals surface area contributed by atoms with E-state index in [1.165, 1.54) is 38.0 Å². The molecule has 0 saturated heterocycles. The highest BCUT2D eigenvalue weighted by Gasteiger charge is 2.33. The summed E-state index contributed by atoms with van der Waals surface area (Å²) >= 11 is 1.85. The minimum Gasteiger partial charge on any atom is -0.507 e. The molecule has 2 aliphatic rings. The van der Waals surface area contributed by atoms with Crippen molar-refractivity contribution in [3.8, 4) is 5.75 Å². The molecule has 2 saturated carbocycles. The fourth-order valence-electron chi connectivity index (χ4n) is 2.92. The zero-order chi connectivity index (χ0) is 13.2. The zero-order valence-corrected chi connectivity index (χ0v) is 11.8. The van der Waals surface area contributed by atoms with Gasteiger partial charge in [0.1, 0.15) is 5.75 Å². The summed E-state index contributed by atoms with van der Waals surface area (Å²) in [7, 11) is 0. The first-order chi connectivity index (χ1) is 9.25. The van der Waals surface area contributed by atoms with E-state index in [0.29, 0.717) is 11.5 Å². The van der Waals surface area contributed by atoms with E-state index < -0.39 is 0 Å². The Bertz CT molecular complexity index is 486. The molecule has 1 N–H and O–H groups in total. The van der Waals surface area contributed by atoms with Crippen LogP contribution in [0.1, 0.15) is 49.3 Å². The molecule has 19 heavy (non-hydrogen) atoms. The largest absolute Gasteiger partial charge is 0.507 e. The average molecular weight is 280 g/mol. The minimum absolute atomic E-state index is 0.108. The van der Waals surface area contributed by atoms with Gasteiger partial charge >= 0.3 is 5.63 Å². The smallest absolute Gasteiger partial charge is 0.343 e. The molecule has 0 aliphatic heterocycles. The van der Waals surface area contributed by atoms with Gasteiger partial charge in [-0.2, -0.15) is 11.8 Å². The standard InChI is InChI=1S/C15H20O3S/c16-12-7-8-18-15(17)13(12)14(11-3-1-2-4-11)19-9-10-5-6-10/h7-8,10-11,14,16H,1-6,9H2. The van der Waals surface area contributed by atoms with Crippen molar-refractivity contribution in [3.63, 3.8) is 0 Å². The van der Waals surface area contributed by atoms with Gasteiger partial charge in [-0.25, -0.2) is 4.79 Å². The van der Waals surface area contributed by atoms with Crippen molar-refractivity contribution >= 4 is 11.8 Å².